The molecule has 0 aliphatic rings. The molecular formula is C22H24N6. The predicted octanol–water partition coefficient (Wildman–Crippen LogP) is 4.59. The molecule has 4 rings (SSSR count). The van der Waals surface area contributed by atoms with Crippen molar-refractivity contribution in [2.24, 2.45) is 0 Å². The number of imidazole rings is 1. The molecule has 0 aliphatic heterocycles. The maximum absolute atomic E-state index is 4.85. The summed E-state index contributed by atoms with van der Waals surface area (Å²) in [4.78, 5) is 14.0. The maximum atomic E-state index is 4.85. The fourth-order valence-electron chi connectivity index (χ4n) is 3.31. The summed E-state index contributed by atoms with van der Waals surface area (Å²) in [5.74, 6) is 1.10. The Hall–Kier alpha value is -3.28. The van der Waals surface area contributed by atoms with Crippen LogP contribution in [-0.2, 0) is 6.54 Å². The largest absolute Gasteiger partial charge is 0.324 e. The summed E-state index contributed by atoms with van der Waals surface area (Å²) in [5.41, 5.74) is 3.91. The van der Waals surface area contributed by atoms with Gasteiger partial charge in [0.1, 0.15) is 5.82 Å². The summed E-state index contributed by atoms with van der Waals surface area (Å²) < 4.78 is 4.13. The Kier molecular flexibility index (Phi) is 5.02. The molecule has 6 heteroatoms. The van der Waals surface area contributed by atoms with Gasteiger partial charge in [-0.15, -0.1) is 0 Å². The van der Waals surface area contributed by atoms with Crippen molar-refractivity contribution in [3.05, 3.63) is 73.2 Å². The van der Waals surface area contributed by atoms with Gasteiger partial charge in [-0.3, -0.25) is 4.68 Å². The van der Waals surface area contributed by atoms with Crippen molar-refractivity contribution in [1.82, 2.24) is 29.3 Å². The van der Waals surface area contributed by atoms with E-state index in [-0.39, 0.29) is 12.0 Å². The number of benzene rings is 1. The van der Waals surface area contributed by atoms with Crippen molar-refractivity contribution in [3.63, 3.8) is 0 Å². The van der Waals surface area contributed by atoms with Crippen LogP contribution in [0.1, 0.15) is 38.6 Å². The first-order valence-electron chi connectivity index (χ1n) is 9.56. The van der Waals surface area contributed by atoms with Gasteiger partial charge in [-0.25, -0.2) is 15.0 Å². The van der Waals surface area contributed by atoms with Gasteiger partial charge >= 0.3 is 0 Å². The second-order valence-corrected chi connectivity index (χ2v) is 7.25. The lowest BCUT2D eigenvalue weighted by Gasteiger charge is -2.18. The highest BCUT2D eigenvalue weighted by Crippen LogP contribution is 2.32. The highest BCUT2D eigenvalue weighted by molar-refractivity contribution is 5.76. The molecule has 0 N–H and O–H groups in total. The van der Waals surface area contributed by atoms with E-state index in [2.05, 4.69) is 47.6 Å². The first-order valence-corrected chi connectivity index (χ1v) is 9.56. The van der Waals surface area contributed by atoms with Crippen LogP contribution in [0.3, 0.4) is 0 Å². The van der Waals surface area contributed by atoms with Crippen LogP contribution in [-0.4, -0.2) is 29.3 Å². The van der Waals surface area contributed by atoms with Crippen LogP contribution in [0.25, 0.3) is 22.6 Å². The summed E-state index contributed by atoms with van der Waals surface area (Å²) in [6.45, 7) is 7.14. The minimum absolute atomic E-state index is 0.164. The minimum Gasteiger partial charge on any atom is -0.324 e. The first kappa shape index (κ1) is 18.1. The van der Waals surface area contributed by atoms with E-state index in [9.17, 15) is 0 Å². The molecule has 6 nitrogen and oxygen atoms in total. The van der Waals surface area contributed by atoms with E-state index in [0.717, 1.165) is 35.0 Å². The third-order valence-electron chi connectivity index (χ3n) is 4.76. The number of rotatable bonds is 6. The van der Waals surface area contributed by atoms with Crippen LogP contribution in [0, 0.1) is 0 Å². The van der Waals surface area contributed by atoms with E-state index in [0.29, 0.717) is 0 Å². The molecule has 0 saturated heterocycles. The molecule has 142 valence electrons. The summed E-state index contributed by atoms with van der Waals surface area (Å²) in [7, 11) is 0. The zero-order valence-corrected chi connectivity index (χ0v) is 16.4. The third-order valence-corrected chi connectivity index (χ3v) is 4.76. The van der Waals surface area contributed by atoms with Gasteiger partial charge in [-0.05, 0) is 19.1 Å². The predicted molar refractivity (Wildman–Crippen MR) is 110 cm³/mol. The minimum atomic E-state index is 0.164. The molecule has 0 amide bonds. The molecule has 0 fully saturated rings. The molecule has 0 radical (unpaired) electrons. The van der Waals surface area contributed by atoms with E-state index < -0.39 is 0 Å². The van der Waals surface area contributed by atoms with Crippen molar-refractivity contribution in [3.8, 4) is 22.6 Å². The van der Waals surface area contributed by atoms with Gasteiger partial charge in [0.25, 0.3) is 0 Å². The fourth-order valence-corrected chi connectivity index (χ4v) is 3.31. The van der Waals surface area contributed by atoms with E-state index >= 15 is 0 Å². The Morgan fingerprint density at radius 2 is 1.75 bits per heavy atom. The molecule has 0 bridgehead atoms. The molecule has 1 aromatic carbocycles. The summed E-state index contributed by atoms with van der Waals surface area (Å²) in [6, 6.07) is 14.3. The molecule has 0 unspecified atom stereocenters. The van der Waals surface area contributed by atoms with Gasteiger partial charge in [0, 0.05) is 30.1 Å². The molecule has 0 aliphatic carbocycles. The Labute approximate surface area is 164 Å². The average molecular weight is 372 g/mol. The van der Waals surface area contributed by atoms with Gasteiger partial charge in [0.15, 0.2) is 0 Å². The number of hydrogen-bond donors (Lipinski definition) is 0. The van der Waals surface area contributed by atoms with Crippen LogP contribution < -0.4 is 0 Å². The summed E-state index contributed by atoms with van der Waals surface area (Å²) >= 11 is 0. The molecule has 3 aromatic heterocycles. The lowest BCUT2D eigenvalue weighted by atomic mass is 10.1. The third kappa shape index (κ3) is 3.58. The highest BCUT2D eigenvalue weighted by atomic mass is 15.3. The van der Waals surface area contributed by atoms with Crippen LogP contribution >= 0.6 is 0 Å². The van der Waals surface area contributed by atoms with Crippen molar-refractivity contribution >= 4 is 0 Å². The molecular weight excluding hydrogens is 348 g/mol. The van der Waals surface area contributed by atoms with Gasteiger partial charge < -0.3 is 4.57 Å². The average Bonchev–Trinajstić information content (AvgIpc) is 3.38. The second kappa shape index (κ2) is 7.76. The van der Waals surface area contributed by atoms with E-state index in [1.54, 1.807) is 6.20 Å². The van der Waals surface area contributed by atoms with Crippen LogP contribution in [0.5, 0.6) is 0 Å². The van der Waals surface area contributed by atoms with Crippen molar-refractivity contribution in [1.29, 1.82) is 0 Å². The Morgan fingerprint density at radius 3 is 2.46 bits per heavy atom. The van der Waals surface area contributed by atoms with Gasteiger partial charge in [0.2, 0.25) is 0 Å². The van der Waals surface area contributed by atoms with E-state index in [1.807, 2.05) is 53.7 Å². The second-order valence-electron chi connectivity index (χ2n) is 7.25. The normalized spacial score (nSPS) is 12.4. The monoisotopic (exact) mass is 372 g/mol. The molecule has 0 saturated carbocycles. The van der Waals surface area contributed by atoms with E-state index in [1.165, 1.54) is 0 Å². The fraction of sp³-hybridized carbons (Fsp3) is 0.273. The highest BCUT2D eigenvalue weighted by Gasteiger charge is 2.20. The zero-order valence-electron chi connectivity index (χ0n) is 16.4. The summed E-state index contributed by atoms with van der Waals surface area (Å²) in [6.07, 6.45) is 7.52. The number of aromatic nitrogens is 6. The lowest BCUT2D eigenvalue weighted by molar-refractivity contribution is 0.439. The van der Waals surface area contributed by atoms with Gasteiger partial charge in [-0.2, -0.15) is 5.10 Å². The Morgan fingerprint density at radius 1 is 0.929 bits per heavy atom. The first-order chi connectivity index (χ1) is 13.6. The molecule has 1 atom stereocenters. The standard InChI is InChI=1S/C22H24N6/c1-16(2)22-23-12-10-19(26-22)21-20(18-8-5-4-6-9-18)24-15-28(21)17(3)14-27-13-7-11-25-27/h4-13,15-17H,14H2,1-3H3/t17-/m0/s1. The number of hydrogen-bond acceptors (Lipinski definition) is 4. The van der Waals surface area contributed by atoms with Gasteiger partial charge in [-0.1, -0.05) is 44.2 Å². The van der Waals surface area contributed by atoms with Gasteiger partial charge in [0.05, 0.1) is 36.0 Å². The Balaban J connectivity index is 1.83. The zero-order chi connectivity index (χ0) is 19.5. The van der Waals surface area contributed by atoms with E-state index in [4.69, 9.17) is 9.97 Å². The topological polar surface area (TPSA) is 61.4 Å². The molecule has 3 heterocycles. The molecule has 28 heavy (non-hydrogen) atoms. The van der Waals surface area contributed by atoms with Crippen LogP contribution in [0.4, 0.5) is 0 Å². The number of nitrogens with zero attached hydrogens (tertiary/aromatic N) is 6. The smallest absolute Gasteiger partial charge is 0.131 e. The quantitative estimate of drug-likeness (QED) is 0.497. The van der Waals surface area contributed by atoms with Crippen molar-refractivity contribution in [2.45, 2.75) is 39.3 Å². The molecule has 4 aromatic rings. The van der Waals surface area contributed by atoms with Crippen molar-refractivity contribution < 1.29 is 0 Å². The Bertz CT molecular complexity index is 1030. The maximum Gasteiger partial charge on any atom is 0.131 e. The molecule has 0 spiro atoms. The lowest BCUT2D eigenvalue weighted by Crippen LogP contribution is -2.14. The van der Waals surface area contributed by atoms with Crippen LogP contribution in [0.15, 0.2) is 67.4 Å². The SMILES string of the molecule is CC(C)c1nccc(-c2c(-c3ccccc3)ncn2[C@@H](C)Cn2cccn2)n1. The van der Waals surface area contributed by atoms with Crippen molar-refractivity contribution in [2.75, 3.05) is 0 Å². The van der Waals surface area contributed by atoms with Crippen LogP contribution in [0.2, 0.25) is 0 Å². The summed E-state index contributed by atoms with van der Waals surface area (Å²) in [5, 5.41) is 4.34.